The highest BCUT2D eigenvalue weighted by atomic mass is 32.2. The lowest BCUT2D eigenvalue weighted by Crippen LogP contribution is -2.10. The maximum absolute atomic E-state index is 12.9. The molecule has 0 saturated carbocycles. The van der Waals surface area contributed by atoms with Crippen LogP contribution in [0.1, 0.15) is 5.56 Å². The van der Waals surface area contributed by atoms with E-state index < -0.39 is 19.7 Å². The fourth-order valence-electron chi connectivity index (χ4n) is 2.18. The maximum Gasteiger partial charge on any atom is 0.177 e. The van der Waals surface area contributed by atoms with Crippen LogP contribution in [0.3, 0.4) is 0 Å². The molecule has 0 aliphatic rings. The quantitative estimate of drug-likeness (QED) is 0.843. The minimum absolute atomic E-state index is 0.0491. The Kier molecular flexibility index (Phi) is 5.29. The molecule has 0 unspecified atom stereocenters. The molecule has 0 amide bonds. The molecule has 0 aliphatic carbocycles. The molecule has 24 heavy (non-hydrogen) atoms. The van der Waals surface area contributed by atoms with E-state index in [-0.39, 0.29) is 15.6 Å². The Morgan fingerprint density at radius 2 is 1.54 bits per heavy atom. The fourth-order valence-corrected chi connectivity index (χ4v) is 3.78. The zero-order chi connectivity index (χ0) is 18.0. The van der Waals surface area contributed by atoms with Gasteiger partial charge in [0.05, 0.1) is 15.5 Å². The first-order chi connectivity index (χ1) is 11.1. The van der Waals surface area contributed by atoms with Crippen molar-refractivity contribution < 1.29 is 21.2 Å². The van der Waals surface area contributed by atoms with Crippen LogP contribution in [0.2, 0.25) is 0 Å². The van der Waals surface area contributed by atoms with E-state index >= 15 is 0 Å². The van der Waals surface area contributed by atoms with Gasteiger partial charge in [-0.3, -0.25) is 0 Å². The van der Waals surface area contributed by atoms with Crippen molar-refractivity contribution in [2.45, 2.75) is 16.2 Å². The highest BCUT2D eigenvalue weighted by molar-refractivity contribution is 7.91. The number of hydrogen-bond donors (Lipinski definition) is 1. The molecule has 0 aromatic heterocycles. The molecule has 0 heterocycles. The van der Waals surface area contributed by atoms with Crippen LogP contribution in [0.25, 0.3) is 0 Å². The number of rotatable bonds is 6. The smallest absolute Gasteiger partial charge is 0.177 e. The van der Waals surface area contributed by atoms with Gasteiger partial charge in [-0.1, -0.05) is 12.1 Å². The van der Waals surface area contributed by atoms with Crippen molar-refractivity contribution in [3.63, 3.8) is 0 Å². The van der Waals surface area contributed by atoms with Gasteiger partial charge in [0.1, 0.15) is 5.82 Å². The van der Waals surface area contributed by atoms with E-state index in [1.165, 1.54) is 24.3 Å². The van der Waals surface area contributed by atoms with E-state index in [1.54, 1.807) is 12.1 Å². The predicted octanol–water partition coefficient (Wildman–Crippen LogP) is 2.29. The summed E-state index contributed by atoms with van der Waals surface area (Å²) in [4.78, 5) is -0.114. The summed E-state index contributed by atoms with van der Waals surface area (Å²) in [6.45, 7) is 0.423. The van der Waals surface area contributed by atoms with Gasteiger partial charge in [-0.05, 0) is 42.3 Å². The van der Waals surface area contributed by atoms with Gasteiger partial charge < -0.3 is 5.32 Å². The Hall–Kier alpha value is -1.93. The van der Waals surface area contributed by atoms with Crippen molar-refractivity contribution in [1.82, 2.24) is 0 Å². The van der Waals surface area contributed by atoms with Crippen LogP contribution < -0.4 is 5.32 Å². The van der Waals surface area contributed by atoms with E-state index in [1.807, 2.05) is 0 Å². The van der Waals surface area contributed by atoms with E-state index in [9.17, 15) is 21.2 Å². The number of nitrogens with one attached hydrogen (secondary N) is 1. The van der Waals surface area contributed by atoms with Crippen LogP contribution in [0, 0.1) is 5.82 Å². The van der Waals surface area contributed by atoms with Gasteiger partial charge in [0.25, 0.3) is 0 Å². The summed E-state index contributed by atoms with van der Waals surface area (Å²) in [5, 5.41) is 2.99. The van der Waals surface area contributed by atoms with Crippen molar-refractivity contribution in [3.05, 3.63) is 53.8 Å². The molecule has 130 valence electrons. The zero-order valence-electron chi connectivity index (χ0n) is 13.3. The molecule has 2 rings (SSSR count). The van der Waals surface area contributed by atoms with E-state index in [0.717, 1.165) is 24.1 Å². The van der Waals surface area contributed by atoms with E-state index in [2.05, 4.69) is 5.32 Å². The van der Waals surface area contributed by atoms with Crippen molar-refractivity contribution in [3.8, 4) is 0 Å². The average molecular weight is 371 g/mol. The Labute approximate surface area is 141 Å². The Morgan fingerprint density at radius 3 is 2.08 bits per heavy atom. The van der Waals surface area contributed by atoms with Gasteiger partial charge in [0.15, 0.2) is 19.7 Å². The van der Waals surface area contributed by atoms with Crippen LogP contribution in [0.5, 0.6) is 0 Å². The van der Waals surface area contributed by atoms with Crippen LogP contribution in [-0.4, -0.2) is 35.9 Å². The monoisotopic (exact) mass is 371 g/mol. The average Bonchev–Trinajstić information content (AvgIpc) is 2.47. The number of hydrogen-bond acceptors (Lipinski definition) is 5. The Balaban J connectivity index is 2.22. The predicted molar refractivity (Wildman–Crippen MR) is 91.3 cm³/mol. The second kappa shape index (κ2) is 6.90. The lowest BCUT2D eigenvalue weighted by atomic mass is 10.1. The second-order valence-electron chi connectivity index (χ2n) is 5.51. The summed E-state index contributed by atoms with van der Waals surface area (Å²) < 4.78 is 59.9. The third-order valence-corrected chi connectivity index (χ3v) is 5.67. The molecule has 5 nitrogen and oxygen atoms in total. The van der Waals surface area contributed by atoms with Crippen molar-refractivity contribution in [2.75, 3.05) is 24.4 Å². The Bertz CT molecular complexity index is 937. The first-order valence-electron chi connectivity index (χ1n) is 7.10. The number of anilines is 1. The van der Waals surface area contributed by atoms with Gasteiger partial charge in [0.2, 0.25) is 0 Å². The minimum atomic E-state index is -3.59. The minimum Gasteiger partial charge on any atom is -0.384 e. The number of sulfone groups is 2. The zero-order valence-corrected chi connectivity index (χ0v) is 14.9. The van der Waals surface area contributed by atoms with Gasteiger partial charge in [-0.2, -0.15) is 0 Å². The molecule has 0 fully saturated rings. The molecule has 0 radical (unpaired) electrons. The molecule has 0 bridgehead atoms. The summed E-state index contributed by atoms with van der Waals surface area (Å²) >= 11 is 0. The molecule has 2 aromatic rings. The lowest BCUT2D eigenvalue weighted by molar-refractivity contribution is 0.600. The van der Waals surface area contributed by atoms with Crippen LogP contribution in [0.4, 0.5) is 10.1 Å². The first kappa shape index (κ1) is 18.4. The molecule has 0 spiro atoms. The Morgan fingerprint density at radius 1 is 0.917 bits per heavy atom. The largest absolute Gasteiger partial charge is 0.384 e. The highest BCUT2D eigenvalue weighted by Crippen LogP contribution is 2.25. The first-order valence-corrected chi connectivity index (χ1v) is 10.9. The van der Waals surface area contributed by atoms with Crippen molar-refractivity contribution >= 4 is 25.4 Å². The van der Waals surface area contributed by atoms with E-state index in [4.69, 9.17) is 0 Å². The molecule has 0 atom stereocenters. The maximum atomic E-state index is 12.9. The number of halogens is 1. The molecule has 0 saturated heterocycles. The SMILES string of the molecule is CS(=O)(=O)c1ccc(NCCc2ccc(F)cc2)c(S(C)(=O)=O)c1. The topological polar surface area (TPSA) is 80.3 Å². The van der Waals surface area contributed by atoms with E-state index in [0.29, 0.717) is 18.7 Å². The third-order valence-electron chi connectivity index (χ3n) is 3.42. The molecule has 2 aromatic carbocycles. The van der Waals surface area contributed by atoms with Gasteiger partial charge >= 0.3 is 0 Å². The van der Waals surface area contributed by atoms with Crippen LogP contribution in [0.15, 0.2) is 52.3 Å². The normalized spacial score (nSPS) is 12.1. The van der Waals surface area contributed by atoms with Crippen molar-refractivity contribution in [1.29, 1.82) is 0 Å². The van der Waals surface area contributed by atoms with Crippen molar-refractivity contribution in [2.24, 2.45) is 0 Å². The fraction of sp³-hybridized carbons (Fsp3) is 0.250. The summed E-state index contributed by atoms with van der Waals surface area (Å²) in [5.41, 5.74) is 1.24. The van der Waals surface area contributed by atoms with Crippen LogP contribution >= 0.6 is 0 Å². The van der Waals surface area contributed by atoms with Crippen LogP contribution in [-0.2, 0) is 26.1 Å². The molecular weight excluding hydrogens is 353 g/mol. The van der Waals surface area contributed by atoms with Gasteiger partial charge in [0, 0.05) is 19.1 Å². The lowest BCUT2D eigenvalue weighted by Gasteiger charge is -2.12. The highest BCUT2D eigenvalue weighted by Gasteiger charge is 2.17. The van der Waals surface area contributed by atoms with Gasteiger partial charge in [-0.15, -0.1) is 0 Å². The third kappa shape index (κ3) is 4.78. The summed E-state index contributed by atoms with van der Waals surface area (Å²) in [5.74, 6) is -0.317. The second-order valence-corrected chi connectivity index (χ2v) is 9.51. The summed E-state index contributed by atoms with van der Waals surface area (Å²) in [6, 6.07) is 9.99. The summed E-state index contributed by atoms with van der Waals surface area (Å²) in [7, 11) is -7.09. The molecule has 8 heteroatoms. The molecule has 1 N–H and O–H groups in total. The number of benzene rings is 2. The van der Waals surface area contributed by atoms with Gasteiger partial charge in [-0.25, -0.2) is 21.2 Å². The standard InChI is InChI=1S/C16H18FNO4S2/c1-23(19,20)14-7-8-15(16(11-14)24(2,21)22)18-10-9-12-3-5-13(17)6-4-12/h3-8,11,18H,9-10H2,1-2H3. The molecular formula is C16H18FNO4S2. The molecule has 0 aliphatic heterocycles. The summed E-state index contributed by atoms with van der Waals surface area (Å²) in [6.07, 6.45) is 2.62.